The van der Waals surface area contributed by atoms with E-state index >= 15 is 0 Å². The van der Waals surface area contributed by atoms with E-state index in [-0.39, 0.29) is 11.9 Å². The minimum Gasteiger partial charge on any atom is -0.381 e. The Bertz CT molecular complexity index is 215. The van der Waals surface area contributed by atoms with Crippen molar-refractivity contribution in [2.24, 2.45) is 0 Å². The SMILES string of the molecule is CCCOCCCNC(C)C(=O)N1CCCC1. The van der Waals surface area contributed by atoms with Crippen molar-refractivity contribution in [2.45, 2.75) is 45.6 Å². The van der Waals surface area contributed by atoms with E-state index in [9.17, 15) is 4.79 Å². The van der Waals surface area contributed by atoms with E-state index in [2.05, 4.69) is 12.2 Å². The number of carbonyl (C=O) groups excluding carboxylic acids is 1. The fraction of sp³-hybridized carbons (Fsp3) is 0.923. The molecule has 17 heavy (non-hydrogen) atoms. The number of hydrogen-bond acceptors (Lipinski definition) is 3. The zero-order chi connectivity index (χ0) is 12.5. The smallest absolute Gasteiger partial charge is 0.239 e. The minimum absolute atomic E-state index is 0.0562. The predicted molar refractivity (Wildman–Crippen MR) is 69.0 cm³/mol. The first-order chi connectivity index (χ1) is 8.25. The zero-order valence-electron chi connectivity index (χ0n) is 11.2. The molecule has 0 aromatic heterocycles. The molecule has 0 radical (unpaired) electrons. The summed E-state index contributed by atoms with van der Waals surface area (Å²) in [5.74, 6) is 0.247. The van der Waals surface area contributed by atoms with Gasteiger partial charge in [-0.05, 0) is 39.2 Å². The highest BCUT2D eigenvalue weighted by Gasteiger charge is 2.22. The van der Waals surface area contributed by atoms with E-state index in [0.29, 0.717) is 0 Å². The van der Waals surface area contributed by atoms with Gasteiger partial charge in [0.25, 0.3) is 0 Å². The summed E-state index contributed by atoms with van der Waals surface area (Å²) in [5.41, 5.74) is 0. The molecule has 0 aromatic rings. The van der Waals surface area contributed by atoms with Crippen LogP contribution in [0.25, 0.3) is 0 Å². The molecule has 100 valence electrons. The van der Waals surface area contributed by atoms with Gasteiger partial charge in [0.2, 0.25) is 5.91 Å². The standard InChI is InChI=1S/C13H26N2O2/c1-3-10-17-11-6-7-14-12(2)13(16)15-8-4-5-9-15/h12,14H,3-11H2,1-2H3. The van der Waals surface area contributed by atoms with Crippen molar-refractivity contribution in [2.75, 3.05) is 32.8 Å². The van der Waals surface area contributed by atoms with Gasteiger partial charge in [-0.15, -0.1) is 0 Å². The number of nitrogens with zero attached hydrogens (tertiary/aromatic N) is 1. The van der Waals surface area contributed by atoms with Crippen molar-refractivity contribution < 1.29 is 9.53 Å². The number of amides is 1. The first-order valence-electron chi connectivity index (χ1n) is 6.85. The molecule has 1 amide bonds. The maximum absolute atomic E-state index is 11.9. The molecule has 1 saturated heterocycles. The lowest BCUT2D eigenvalue weighted by Gasteiger charge is -2.21. The second kappa shape index (κ2) is 8.48. The predicted octanol–water partition coefficient (Wildman–Crippen LogP) is 1.40. The van der Waals surface area contributed by atoms with Gasteiger partial charge in [0, 0.05) is 26.3 Å². The van der Waals surface area contributed by atoms with Crippen molar-refractivity contribution in [3.05, 3.63) is 0 Å². The number of likely N-dealkylation sites (tertiary alicyclic amines) is 1. The summed E-state index contributed by atoms with van der Waals surface area (Å²) in [6.07, 6.45) is 4.35. The van der Waals surface area contributed by atoms with Crippen LogP contribution in [0.1, 0.15) is 39.5 Å². The molecule has 1 heterocycles. The normalized spacial score (nSPS) is 17.4. The Labute approximate surface area is 105 Å². The number of carbonyl (C=O) groups is 1. The number of ether oxygens (including phenoxy) is 1. The van der Waals surface area contributed by atoms with Gasteiger partial charge in [-0.3, -0.25) is 4.79 Å². The molecule has 1 fully saturated rings. The molecule has 4 heteroatoms. The van der Waals surface area contributed by atoms with Gasteiger partial charge in [0.15, 0.2) is 0 Å². The third kappa shape index (κ3) is 5.50. The quantitative estimate of drug-likeness (QED) is 0.654. The van der Waals surface area contributed by atoms with Gasteiger partial charge in [-0.25, -0.2) is 0 Å². The molecule has 1 rings (SSSR count). The summed E-state index contributed by atoms with van der Waals surface area (Å²) in [4.78, 5) is 13.9. The summed E-state index contributed by atoms with van der Waals surface area (Å²) in [6, 6.07) is -0.0562. The van der Waals surface area contributed by atoms with Crippen molar-refractivity contribution >= 4 is 5.91 Å². The molecule has 0 aromatic carbocycles. The Kier molecular flexibility index (Phi) is 7.21. The van der Waals surface area contributed by atoms with Crippen LogP contribution in [0.3, 0.4) is 0 Å². The van der Waals surface area contributed by atoms with Gasteiger partial charge in [-0.1, -0.05) is 6.92 Å². The molecule has 1 unspecified atom stereocenters. The Morgan fingerprint density at radius 3 is 2.71 bits per heavy atom. The number of rotatable bonds is 8. The highest BCUT2D eigenvalue weighted by molar-refractivity contribution is 5.81. The Morgan fingerprint density at radius 1 is 1.35 bits per heavy atom. The first-order valence-corrected chi connectivity index (χ1v) is 6.85. The maximum atomic E-state index is 11.9. The molecule has 0 saturated carbocycles. The van der Waals surface area contributed by atoms with E-state index < -0.39 is 0 Å². The molecule has 1 aliphatic rings. The lowest BCUT2D eigenvalue weighted by molar-refractivity contribution is -0.131. The van der Waals surface area contributed by atoms with Crippen LogP contribution in [-0.4, -0.2) is 49.7 Å². The summed E-state index contributed by atoms with van der Waals surface area (Å²) < 4.78 is 5.39. The van der Waals surface area contributed by atoms with Crippen molar-refractivity contribution in [1.29, 1.82) is 0 Å². The van der Waals surface area contributed by atoms with Crippen LogP contribution in [0.2, 0.25) is 0 Å². The van der Waals surface area contributed by atoms with Crippen LogP contribution in [0, 0.1) is 0 Å². The molecule has 0 aliphatic carbocycles. The van der Waals surface area contributed by atoms with Gasteiger partial charge in [-0.2, -0.15) is 0 Å². The molecular weight excluding hydrogens is 216 g/mol. The largest absolute Gasteiger partial charge is 0.381 e. The van der Waals surface area contributed by atoms with Crippen molar-refractivity contribution in [1.82, 2.24) is 10.2 Å². The van der Waals surface area contributed by atoms with Crippen LogP contribution in [0.15, 0.2) is 0 Å². The molecule has 1 N–H and O–H groups in total. The second-order valence-corrected chi connectivity index (χ2v) is 4.67. The van der Waals surface area contributed by atoms with Crippen LogP contribution < -0.4 is 5.32 Å². The number of nitrogens with one attached hydrogen (secondary N) is 1. The lowest BCUT2D eigenvalue weighted by atomic mass is 10.3. The summed E-state index contributed by atoms with van der Waals surface area (Å²) in [5, 5.41) is 3.26. The Morgan fingerprint density at radius 2 is 2.06 bits per heavy atom. The van der Waals surface area contributed by atoms with Gasteiger partial charge in [0.05, 0.1) is 6.04 Å². The third-order valence-corrected chi connectivity index (χ3v) is 3.05. The van der Waals surface area contributed by atoms with Crippen molar-refractivity contribution in [3.8, 4) is 0 Å². The van der Waals surface area contributed by atoms with E-state index in [0.717, 1.165) is 58.5 Å². The highest BCUT2D eigenvalue weighted by Crippen LogP contribution is 2.08. The second-order valence-electron chi connectivity index (χ2n) is 4.67. The first kappa shape index (κ1) is 14.5. The molecule has 1 aliphatic heterocycles. The van der Waals surface area contributed by atoms with Crippen LogP contribution in [0.4, 0.5) is 0 Å². The third-order valence-electron chi connectivity index (χ3n) is 3.05. The fourth-order valence-corrected chi connectivity index (χ4v) is 2.04. The molecule has 4 nitrogen and oxygen atoms in total. The summed E-state index contributed by atoms with van der Waals surface area (Å²) in [7, 11) is 0. The van der Waals surface area contributed by atoms with E-state index in [1.54, 1.807) is 0 Å². The molecular formula is C13H26N2O2. The van der Waals surface area contributed by atoms with Gasteiger partial charge in [0.1, 0.15) is 0 Å². The fourth-order valence-electron chi connectivity index (χ4n) is 2.04. The van der Waals surface area contributed by atoms with E-state index in [1.807, 2.05) is 11.8 Å². The van der Waals surface area contributed by atoms with Gasteiger partial charge < -0.3 is 15.0 Å². The maximum Gasteiger partial charge on any atom is 0.239 e. The number of hydrogen-bond donors (Lipinski definition) is 1. The van der Waals surface area contributed by atoms with Crippen LogP contribution in [-0.2, 0) is 9.53 Å². The topological polar surface area (TPSA) is 41.6 Å². The Hall–Kier alpha value is -0.610. The van der Waals surface area contributed by atoms with Gasteiger partial charge >= 0.3 is 0 Å². The van der Waals surface area contributed by atoms with E-state index in [1.165, 1.54) is 0 Å². The monoisotopic (exact) mass is 242 g/mol. The summed E-state index contributed by atoms with van der Waals surface area (Å²) in [6.45, 7) is 8.40. The zero-order valence-corrected chi connectivity index (χ0v) is 11.2. The lowest BCUT2D eigenvalue weighted by Crippen LogP contribution is -2.44. The molecule has 0 bridgehead atoms. The average Bonchev–Trinajstić information content (AvgIpc) is 2.86. The van der Waals surface area contributed by atoms with Crippen LogP contribution in [0.5, 0.6) is 0 Å². The minimum atomic E-state index is -0.0562. The van der Waals surface area contributed by atoms with Crippen LogP contribution >= 0.6 is 0 Å². The Balaban J connectivity index is 2.03. The highest BCUT2D eigenvalue weighted by atomic mass is 16.5. The molecule has 0 spiro atoms. The van der Waals surface area contributed by atoms with E-state index in [4.69, 9.17) is 4.74 Å². The average molecular weight is 242 g/mol. The van der Waals surface area contributed by atoms with Crippen molar-refractivity contribution in [3.63, 3.8) is 0 Å². The summed E-state index contributed by atoms with van der Waals surface area (Å²) >= 11 is 0. The molecule has 1 atom stereocenters.